The minimum Gasteiger partial charge on any atom is -0.508 e. The van der Waals surface area contributed by atoms with E-state index in [1.165, 1.54) is 36.8 Å². The van der Waals surface area contributed by atoms with Gasteiger partial charge >= 0.3 is 0 Å². The fourth-order valence-corrected chi connectivity index (χ4v) is 5.04. The van der Waals surface area contributed by atoms with Crippen LogP contribution in [0.15, 0.2) is 48.5 Å². The van der Waals surface area contributed by atoms with Crippen LogP contribution in [0.1, 0.15) is 70.4 Å². The molecule has 3 rings (SSSR count). The fourth-order valence-electron chi connectivity index (χ4n) is 5.04. The number of benzene rings is 2. The summed E-state index contributed by atoms with van der Waals surface area (Å²) in [6.07, 6.45) is 7.19. The summed E-state index contributed by atoms with van der Waals surface area (Å²) in [6, 6.07) is 15.5. The quantitative estimate of drug-likeness (QED) is 0.653. The zero-order valence-electron chi connectivity index (χ0n) is 16.3. The second kappa shape index (κ2) is 7.34. The second-order valence-electron chi connectivity index (χ2n) is 8.71. The summed E-state index contributed by atoms with van der Waals surface area (Å²) in [4.78, 5) is 0. The van der Waals surface area contributed by atoms with E-state index in [2.05, 4.69) is 45.0 Å². The van der Waals surface area contributed by atoms with Crippen molar-refractivity contribution < 1.29 is 10.2 Å². The average molecular weight is 353 g/mol. The number of aromatic hydroxyl groups is 2. The third kappa shape index (κ3) is 3.60. The Hall–Kier alpha value is -1.96. The van der Waals surface area contributed by atoms with Gasteiger partial charge in [-0.15, -0.1) is 0 Å². The van der Waals surface area contributed by atoms with E-state index in [1.807, 2.05) is 0 Å². The zero-order chi connectivity index (χ0) is 18.8. The summed E-state index contributed by atoms with van der Waals surface area (Å²) in [5, 5.41) is 19.5. The Kier molecular flexibility index (Phi) is 5.32. The Morgan fingerprint density at radius 1 is 0.923 bits per heavy atom. The second-order valence-corrected chi connectivity index (χ2v) is 8.71. The smallest absolute Gasteiger partial charge is 0.115 e. The van der Waals surface area contributed by atoms with Gasteiger partial charge in [-0.25, -0.2) is 0 Å². The molecule has 0 spiro atoms. The maximum absolute atomic E-state index is 9.76. The Bertz CT molecular complexity index is 667. The van der Waals surface area contributed by atoms with Crippen LogP contribution in [0.2, 0.25) is 0 Å². The molecule has 2 N–H and O–H groups in total. The van der Waals surface area contributed by atoms with Crippen molar-refractivity contribution in [1.29, 1.82) is 0 Å². The molecule has 0 bridgehead atoms. The van der Waals surface area contributed by atoms with Crippen LogP contribution in [0.5, 0.6) is 11.5 Å². The minimum atomic E-state index is -0.0463. The molecule has 2 heteroatoms. The van der Waals surface area contributed by atoms with Gasteiger partial charge in [0.25, 0.3) is 0 Å². The first kappa shape index (κ1) is 18.8. The predicted octanol–water partition coefficient (Wildman–Crippen LogP) is 6.40. The van der Waals surface area contributed by atoms with Gasteiger partial charge in [0.05, 0.1) is 0 Å². The molecule has 1 unspecified atom stereocenters. The molecular weight excluding hydrogens is 320 g/mol. The highest BCUT2D eigenvalue weighted by Crippen LogP contribution is 2.52. The first-order valence-corrected chi connectivity index (χ1v) is 9.96. The van der Waals surface area contributed by atoms with E-state index < -0.39 is 0 Å². The van der Waals surface area contributed by atoms with Crippen molar-refractivity contribution in [3.8, 4) is 11.5 Å². The lowest BCUT2D eigenvalue weighted by atomic mass is 9.57. The van der Waals surface area contributed by atoms with Crippen molar-refractivity contribution in [3.63, 3.8) is 0 Å². The first-order valence-electron chi connectivity index (χ1n) is 9.96. The summed E-state index contributed by atoms with van der Waals surface area (Å²) < 4.78 is 0. The summed E-state index contributed by atoms with van der Waals surface area (Å²) in [5.41, 5.74) is 2.83. The van der Waals surface area contributed by atoms with E-state index in [1.54, 1.807) is 24.3 Å². The van der Waals surface area contributed by atoms with Crippen LogP contribution < -0.4 is 0 Å². The van der Waals surface area contributed by atoms with Crippen molar-refractivity contribution in [2.75, 3.05) is 0 Å². The number of hydrogen-bond acceptors (Lipinski definition) is 2. The SMILES string of the molecule is CCCC(C)(C)C1CCCC(c2ccc(O)cc2)(c2ccc(O)cc2)C1. The Balaban J connectivity index is 2.06. The summed E-state index contributed by atoms with van der Waals surface area (Å²) in [7, 11) is 0. The van der Waals surface area contributed by atoms with Crippen LogP contribution >= 0.6 is 0 Å². The molecule has 1 saturated carbocycles. The number of rotatable bonds is 5. The first-order chi connectivity index (χ1) is 12.4. The van der Waals surface area contributed by atoms with Gasteiger partial charge in [-0.05, 0) is 72.4 Å². The van der Waals surface area contributed by atoms with Crippen LogP contribution in [-0.4, -0.2) is 10.2 Å². The highest BCUT2D eigenvalue weighted by Gasteiger charge is 2.43. The van der Waals surface area contributed by atoms with Crippen molar-refractivity contribution in [1.82, 2.24) is 0 Å². The Labute approximate surface area is 157 Å². The van der Waals surface area contributed by atoms with Gasteiger partial charge in [0.2, 0.25) is 0 Å². The molecule has 0 radical (unpaired) electrons. The lowest BCUT2D eigenvalue weighted by Gasteiger charge is -2.47. The lowest BCUT2D eigenvalue weighted by molar-refractivity contribution is 0.111. The van der Waals surface area contributed by atoms with Gasteiger partial charge in [-0.3, -0.25) is 0 Å². The molecule has 0 heterocycles. The molecule has 0 saturated heterocycles. The van der Waals surface area contributed by atoms with Crippen LogP contribution in [0.3, 0.4) is 0 Å². The summed E-state index contributed by atoms with van der Waals surface area (Å²) >= 11 is 0. The largest absolute Gasteiger partial charge is 0.508 e. The van der Waals surface area contributed by atoms with Crippen molar-refractivity contribution >= 4 is 0 Å². The van der Waals surface area contributed by atoms with Gasteiger partial charge in [-0.1, -0.05) is 57.9 Å². The van der Waals surface area contributed by atoms with Gasteiger partial charge in [-0.2, -0.15) is 0 Å². The van der Waals surface area contributed by atoms with Crippen molar-refractivity contribution in [2.45, 2.75) is 64.7 Å². The fraction of sp³-hybridized carbons (Fsp3) is 0.500. The maximum atomic E-state index is 9.76. The average Bonchev–Trinajstić information content (AvgIpc) is 2.63. The lowest BCUT2D eigenvalue weighted by Crippen LogP contribution is -2.39. The van der Waals surface area contributed by atoms with Gasteiger partial charge in [0.1, 0.15) is 11.5 Å². The van der Waals surface area contributed by atoms with Crippen molar-refractivity contribution in [3.05, 3.63) is 59.7 Å². The monoisotopic (exact) mass is 352 g/mol. The van der Waals surface area contributed by atoms with E-state index in [0.29, 0.717) is 22.8 Å². The number of phenols is 2. The predicted molar refractivity (Wildman–Crippen MR) is 108 cm³/mol. The van der Waals surface area contributed by atoms with Crippen LogP contribution in [-0.2, 0) is 5.41 Å². The summed E-state index contributed by atoms with van der Waals surface area (Å²) in [5.74, 6) is 1.29. The molecule has 0 aliphatic heterocycles. The van der Waals surface area contributed by atoms with Crippen LogP contribution in [0, 0.1) is 11.3 Å². The standard InChI is InChI=1S/C24H32O2/c1-4-15-23(2,3)20-6-5-16-24(17-20,18-7-11-21(25)12-8-18)19-9-13-22(26)14-10-19/h7-14,20,25-26H,4-6,15-17H2,1-3H3. The van der Waals surface area contributed by atoms with E-state index in [9.17, 15) is 10.2 Å². The van der Waals surface area contributed by atoms with E-state index >= 15 is 0 Å². The molecule has 1 atom stereocenters. The van der Waals surface area contributed by atoms with Gasteiger partial charge < -0.3 is 10.2 Å². The molecule has 1 aliphatic carbocycles. The molecule has 2 aromatic carbocycles. The normalized spacial score (nSPS) is 20.0. The third-order valence-electron chi connectivity index (χ3n) is 6.59. The molecule has 1 aliphatic rings. The van der Waals surface area contributed by atoms with E-state index in [0.717, 1.165) is 12.8 Å². The molecule has 2 nitrogen and oxygen atoms in total. The molecular formula is C24H32O2. The number of hydrogen-bond donors (Lipinski definition) is 2. The number of phenolic OH excluding ortho intramolecular Hbond substituents is 2. The van der Waals surface area contributed by atoms with Crippen LogP contribution in [0.4, 0.5) is 0 Å². The van der Waals surface area contributed by atoms with Crippen molar-refractivity contribution in [2.24, 2.45) is 11.3 Å². The molecule has 2 aromatic rings. The highest BCUT2D eigenvalue weighted by atomic mass is 16.3. The minimum absolute atomic E-state index is 0.0463. The molecule has 0 aromatic heterocycles. The topological polar surface area (TPSA) is 40.5 Å². The molecule has 140 valence electrons. The third-order valence-corrected chi connectivity index (χ3v) is 6.59. The maximum Gasteiger partial charge on any atom is 0.115 e. The zero-order valence-corrected chi connectivity index (χ0v) is 16.3. The molecule has 0 amide bonds. The summed E-state index contributed by atoms with van der Waals surface area (Å²) in [6.45, 7) is 7.12. The van der Waals surface area contributed by atoms with E-state index in [-0.39, 0.29) is 5.41 Å². The van der Waals surface area contributed by atoms with Gasteiger partial charge in [0.15, 0.2) is 0 Å². The Morgan fingerprint density at radius 2 is 1.42 bits per heavy atom. The van der Waals surface area contributed by atoms with Gasteiger partial charge in [0, 0.05) is 5.41 Å². The van der Waals surface area contributed by atoms with Crippen LogP contribution in [0.25, 0.3) is 0 Å². The van der Waals surface area contributed by atoms with E-state index in [4.69, 9.17) is 0 Å². The molecule has 1 fully saturated rings. The highest BCUT2D eigenvalue weighted by molar-refractivity contribution is 5.43. The molecule has 26 heavy (non-hydrogen) atoms. The Morgan fingerprint density at radius 3 is 1.88 bits per heavy atom.